The number of fused-ring (bicyclic) bond motifs is 1. The molecule has 0 bridgehead atoms. The number of aliphatic hydroxyl groups is 1. The number of carbonyl (C=O) groups is 1. The molecule has 0 heterocycles. The number of methoxy groups -OCH3 is 1. The number of carbonyl (C=O) groups excluding carboxylic acids is 1. The first-order valence-electron chi connectivity index (χ1n) is 9.51. The van der Waals surface area contributed by atoms with E-state index >= 15 is 0 Å². The lowest BCUT2D eigenvalue weighted by atomic mass is 9.47. The maximum atomic E-state index is 11.5. The number of allylic oxidation sites excluding steroid dienone is 1. The van der Waals surface area contributed by atoms with Gasteiger partial charge in [-0.2, -0.15) is 0 Å². The highest BCUT2D eigenvalue weighted by molar-refractivity contribution is 5.69. The van der Waals surface area contributed by atoms with E-state index in [0.29, 0.717) is 12.3 Å². The molecule has 2 aliphatic carbocycles. The summed E-state index contributed by atoms with van der Waals surface area (Å²) >= 11 is 0. The van der Waals surface area contributed by atoms with Crippen LogP contribution in [0.5, 0.6) is 0 Å². The van der Waals surface area contributed by atoms with E-state index in [1.165, 1.54) is 26.4 Å². The first-order valence-corrected chi connectivity index (χ1v) is 9.51. The van der Waals surface area contributed by atoms with Crippen molar-refractivity contribution in [3.63, 3.8) is 0 Å². The second kappa shape index (κ2) is 6.82. The van der Waals surface area contributed by atoms with Crippen LogP contribution in [0.3, 0.4) is 0 Å². The van der Waals surface area contributed by atoms with E-state index in [4.69, 9.17) is 4.74 Å². The molecule has 138 valence electrons. The van der Waals surface area contributed by atoms with E-state index in [2.05, 4.69) is 33.8 Å². The van der Waals surface area contributed by atoms with Crippen LogP contribution in [0.1, 0.15) is 73.1 Å². The zero-order chi connectivity index (χ0) is 18.2. The molecule has 0 aromatic carbocycles. The zero-order valence-corrected chi connectivity index (χ0v) is 16.4. The molecule has 2 rings (SSSR count). The Morgan fingerprint density at radius 2 is 1.96 bits per heavy atom. The monoisotopic (exact) mass is 336 g/mol. The van der Waals surface area contributed by atoms with Crippen LogP contribution < -0.4 is 0 Å². The first-order chi connectivity index (χ1) is 11.0. The molecule has 1 N–H and O–H groups in total. The molecule has 24 heavy (non-hydrogen) atoms. The average Bonchev–Trinajstić information content (AvgIpc) is 2.44. The Balaban J connectivity index is 2.17. The first kappa shape index (κ1) is 19.5. The Kier molecular flexibility index (Phi) is 5.54. The van der Waals surface area contributed by atoms with Gasteiger partial charge in [-0.15, -0.1) is 0 Å². The average molecular weight is 337 g/mol. The van der Waals surface area contributed by atoms with Crippen LogP contribution in [0, 0.1) is 28.6 Å². The molecule has 0 spiro atoms. The van der Waals surface area contributed by atoms with Crippen LogP contribution in [0.4, 0.5) is 0 Å². The van der Waals surface area contributed by atoms with Crippen LogP contribution in [0.25, 0.3) is 0 Å². The van der Waals surface area contributed by atoms with Crippen molar-refractivity contribution in [1.82, 2.24) is 0 Å². The van der Waals surface area contributed by atoms with Gasteiger partial charge in [0.1, 0.15) is 0 Å². The molecule has 0 amide bonds. The molecule has 3 nitrogen and oxygen atoms in total. The van der Waals surface area contributed by atoms with E-state index < -0.39 is 5.60 Å². The van der Waals surface area contributed by atoms with Crippen LogP contribution in [-0.4, -0.2) is 23.8 Å². The maximum absolute atomic E-state index is 11.5. The van der Waals surface area contributed by atoms with Gasteiger partial charge in [0.25, 0.3) is 0 Å². The van der Waals surface area contributed by atoms with Crippen LogP contribution in [0.15, 0.2) is 12.2 Å². The van der Waals surface area contributed by atoms with Gasteiger partial charge in [-0.1, -0.05) is 46.3 Å². The Labute approximate surface area is 147 Å². The quantitative estimate of drug-likeness (QED) is 0.583. The molecule has 0 aromatic rings. The predicted molar refractivity (Wildman–Crippen MR) is 97.5 cm³/mol. The lowest BCUT2D eigenvalue weighted by Gasteiger charge is -2.58. The topological polar surface area (TPSA) is 46.5 Å². The predicted octanol–water partition coefficient (Wildman–Crippen LogP) is 4.74. The molecule has 0 aromatic heterocycles. The van der Waals surface area contributed by atoms with Gasteiger partial charge in [-0.05, 0) is 61.2 Å². The fourth-order valence-corrected chi connectivity index (χ4v) is 5.62. The molecule has 1 saturated carbocycles. The highest BCUT2D eigenvalue weighted by atomic mass is 16.5. The number of esters is 1. The van der Waals surface area contributed by atoms with Crippen molar-refractivity contribution in [1.29, 1.82) is 0 Å². The zero-order valence-electron chi connectivity index (χ0n) is 16.4. The molecule has 0 radical (unpaired) electrons. The summed E-state index contributed by atoms with van der Waals surface area (Å²) in [5.41, 5.74) is -0.343. The van der Waals surface area contributed by atoms with Gasteiger partial charge < -0.3 is 9.84 Å². The molecule has 3 heteroatoms. The van der Waals surface area contributed by atoms with Gasteiger partial charge in [0, 0.05) is 6.42 Å². The third kappa shape index (κ3) is 3.71. The molecule has 2 aliphatic rings. The third-order valence-electron chi connectivity index (χ3n) is 6.91. The maximum Gasteiger partial charge on any atom is 0.305 e. The Morgan fingerprint density at radius 1 is 1.29 bits per heavy atom. The third-order valence-corrected chi connectivity index (χ3v) is 6.91. The van der Waals surface area contributed by atoms with Gasteiger partial charge in [0.2, 0.25) is 0 Å². The Hall–Kier alpha value is -0.830. The number of rotatable bonds is 5. The number of ether oxygens (including phenoxy) is 1. The van der Waals surface area contributed by atoms with Crippen molar-refractivity contribution < 1.29 is 14.6 Å². The molecular weight excluding hydrogens is 300 g/mol. The van der Waals surface area contributed by atoms with E-state index in [1.807, 2.05) is 13.0 Å². The summed E-state index contributed by atoms with van der Waals surface area (Å²) in [6, 6.07) is 0. The number of hydrogen-bond donors (Lipinski definition) is 1. The highest BCUT2D eigenvalue weighted by Gasteiger charge is 2.55. The van der Waals surface area contributed by atoms with E-state index in [-0.39, 0.29) is 28.6 Å². The van der Waals surface area contributed by atoms with Crippen molar-refractivity contribution in [2.45, 2.75) is 78.7 Å². The number of hydrogen-bond acceptors (Lipinski definition) is 3. The molecule has 5 atom stereocenters. The van der Waals surface area contributed by atoms with E-state index in [0.717, 1.165) is 12.8 Å². The summed E-state index contributed by atoms with van der Waals surface area (Å²) in [6.45, 7) is 11.2. The van der Waals surface area contributed by atoms with Crippen molar-refractivity contribution in [2.75, 3.05) is 7.11 Å². The van der Waals surface area contributed by atoms with Gasteiger partial charge in [0.15, 0.2) is 0 Å². The van der Waals surface area contributed by atoms with Crippen LogP contribution in [-0.2, 0) is 9.53 Å². The normalized spacial score (nSPS) is 39.1. The Morgan fingerprint density at radius 3 is 2.58 bits per heavy atom. The molecular formula is C21H36O3. The second-order valence-electron chi connectivity index (χ2n) is 9.43. The standard InChI is InChI=1S/C21H36O3/c1-15(14-18(22)24-6)8-9-17-20(4)12-7-11-19(2,3)16(20)10-13-21(17,5)23/h10,13,15-17,23H,7-9,11-12,14H2,1-6H3/t15-,16-,17-,20+,21-/m1/s1. The lowest BCUT2D eigenvalue weighted by molar-refractivity contribution is -0.141. The lowest BCUT2D eigenvalue weighted by Crippen LogP contribution is -2.55. The largest absolute Gasteiger partial charge is 0.469 e. The highest BCUT2D eigenvalue weighted by Crippen LogP contribution is 2.60. The van der Waals surface area contributed by atoms with Gasteiger partial charge >= 0.3 is 5.97 Å². The molecule has 0 saturated heterocycles. The van der Waals surface area contributed by atoms with Gasteiger partial charge in [-0.3, -0.25) is 4.79 Å². The van der Waals surface area contributed by atoms with Crippen molar-refractivity contribution in [3.8, 4) is 0 Å². The van der Waals surface area contributed by atoms with Gasteiger partial charge in [0.05, 0.1) is 12.7 Å². The second-order valence-corrected chi connectivity index (χ2v) is 9.43. The summed E-state index contributed by atoms with van der Waals surface area (Å²) < 4.78 is 4.79. The Bertz CT molecular complexity index is 491. The van der Waals surface area contributed by atoms with Crippen LogP contribution in [0.2, 0.25) is 0 Å². The summed E-state index contributed by atoms with van der Waals surface area (Å²) in [7, 11) is 1.45. The summed E-state index contributed by atoms with van der Waals surface area (Å²) in [6.07, 6.45) is 10.4. The van der Waals surface area contributed by atoms with E-state index in [9.17, 15) is 9.90 Å². The summed E-state index contributed by atoms with van der Waals surface area (Å²) in [5, 5.41) is 11.1. The summed E-state index contributed by atoms with van der Waals surface area (Å²) in [5.74, 6) is 0.901. The fraction of sp³-hybridized carbons (Fsp3) is 0.857. The molecule has 0 unspecified atom stereocenters. The minimum Gasteiger partial charge on any atom is -0.469 e. The molecule has 1 fully saturated rings. The van der Waals surface area contributed by atoms with Crippen molar-refractivity contribution in [2.24, 2.45) is 28.6 Å². The SMILES string of the molecule is COC(=O)C[C@H](C)CC[C@@H]1[C@@]2(C)CCCC(C)(C)[C@H]2C=C[C@@]1(C)O. The van der Waals surface area contributed by atoms with Crippen molar-refractivity contribution >= 4 is 5.97 Å². The minimum absolute atomic E-state index is 0.130. The smallest absolute Gasteiger partial charge is 0.305 e. The van der Waals surface area contributed by atoms with Crippen LogP contribution >= 0.6 is 0 Å². The van der Waals surface area contributed by atoms with Crippen molar-refractivity contribution in [3.05, 3.63) is 12.2 Å². The minimum atomic E-state index is -0.760. The van der Waals surface area contributed by atoms with Gasteiger partial charge in [-0.25, -0.2) is 0 Å². The fourth-order valence-electron chi connectivity index (χ4n) is 5.62. The summed E-state index contributed by atoms with van der Waals surface area (Å²) in [4.78, 5) is 11.5. The van der Waals surface area contributed by atoms with E-state index in [1.54, 1.807) is 0 Å². The molecule has 0 aliphatic heterocycles.